The molecule has 4 nitrogen and oxygen atoms in total. The molecule has 0 rings (SSSR count). The molecular formula is C6H15NO3S2. The summed E-state index contributed by atoms with van der Waals surface area (Å²) in [6, 6.07) is -0.743. The van der Waals surface area contributed by atoms with Crippen LogP contribution in [0.4, 0.5) is 0 Å². The van der Waals surface area contributed by atoms with Crippen LogP contribution in [0.25, 0.3) is 0 Å². The molecule has 0 fully saturated rings. The largest absolute Gasteiger partial charge is 0.480 e. The lowest BCUT2D eigenvalue weighted by molar-refractivity contribution is -0.138. The Kier molecular flexibility index (Phi) is 11.2. The third-order valence-electron chi connectivity index (χ3n) is 0.757. The zero-order valence-corrected chi connectivity index (χ0v) is 8.63. The fourth-order valence-corrected chi connectivity index (χ4v) is 0.541. The zero-order chi connectivity index (χ0) is 10.1. The van der Waals surface area contributed by atoms with Gasteiger partial charge in [0.05, 0.1) is 5.44 Å². The summed E-state index contributed by atoms with van der Waals surface area (Å²) in [4.78, 5) is 9.93. The Morgan fingerprint density at radius 3 is 2.08 bits per heavy atom. The van der Waals surface area contributed by atoms with Crippen LogP contribution in [-0.4, -0.2) is 33.4 Å². The Morgan fingerprint density at radius 1 is 1.67 bits per heavy atom. The molecular weight excluding hydrogens is 198 g/mol. The average molecular weight is 213 g/mol. The molecule has 0 radical (unpaired) electrons. The van der Waals surface area contributed by atoms with Crippen molar-refractivity contribution >= 4 is 31.2 Å². The molecule has 0 aliphatic heterocycles. The van der Waals surface area contributed by atoms with Crippen LogP contribution >= 0.6 is 25.3 Å². The third-order valence-corrected chi connectivity index (χ3v) is 1.02. The molecule has 0 aliphatic carbocycles. The van der Waals surface area contributed by atoms with Gasteiger partial charge in [-0.2, -0.15) is 12.6 Å². The highest BCUT2D eigenvalue weighted by Crippen LogP contribution is 1.88. The van der Waals surface area contributed by atoms with Crippen molar-refractivity contribution in [3.63, 3.8) is 0 Å². The number of carbonyl (C=O) groups is 1. The van der Waals surface area contributed by atoms with Crippen molar-refractivity contribution in [1.82, 2.24) is 0 Å². The minimum atomic E-state index is -0.959. The number of nitrogens with two attached hydrogens (primary N) is 1. The third kappa shape index (κ3) is 16.6. The summed E-state index contributed by atoms with van der Waals surface area (Å²) in [6.07, 6.45) is 0.429. The maximum absolute atomic E-state index is 9.93. The standard InChI is InChI=1S/C4H9NO2S.C2H6OS/c5-3(1-2-8)4(6)7;1-2(3)4/h3,8H,1-2,5H2,(H,6,7);2-4H,1H3. The van der Waals surface area contributed by atoms with Gasteiger partial charge in [-0.25, -0.2) is 0 Å². The molecule has 2 unspecified atom stereocenters. The summed E-state index contributed by atoms with van der Waals surface area (Å²) in [6.45, 7) is 1.59. The lowest BCUT2D eigenvalue weighted by Gasteiger charge is -2.00. The van der Waals surface area contributed by atoms with Crippen molar-refractivity contribution < 1.29 is 15.0 Å². The molecule has 0 amide bonds. The summed E-state index contributed by atoms with van der Waals surface area (Å²) < 4.78 is 0. The molecule has 12 heavy (non-hydrogen) atoms. The van der Waals surface area contributed by atoms with E-state index in [1.165, 1.54) is 0 Å². The average Bonchev–Trinajstić information content (AvgIpc) is 1.86. The molecule has 4 N–H and O–H groups in total. The number of rotatable bonds is 3. The Balaban J connectivity index is 0. The zero-order valence-electron chi connectivity index (χ0n) is 6.84. The van der Waals surface area contributed by atoms with Gasteiger partial charge < -0.3 is 15.9 Å². The summed E-state index contributed by atoms with van der Waals surface area (Å²) in [5.41, 5.74) is 4.61. The van der Waals surface area contributed by atoms with Crippen molar-refractivity contribution in [2.24, 2.45) is 5.73 Å². The molecule has 2 atom stereocenters. The van der Waals surface area contributed by atoms with E-state index >= 15 is 0 Å². The number of aliphatic carboxylic acids is 1. The first-order chi connectivity index (χ1) is 5.41. The minimum absolute atomic E-state index is 0.429. The Morgan fingerprint density at radius 2 is 2.00 bits per heavy atom. The Hall–Kier alpha value is 0.0900. The highest BCUT2D eigenvalue weighted by Gasteiger charge is 2.08. The number of hydrogen-bond acceptors (Lipinski definition) is 5. The number of hydrogen-bond donors (Lipinski definition) is 5. The van der Waals surface area contributed by atoms with Gasteiger partial charge in [-0.05, 0) is 19.1 Å². The fraction of sp³-hybridized carbons (Fsp3) is 0.833. The Labute approximate surface area is 83.0 Å². The first-order valence-electron chi connectivity index (χ1n) is 3.37. The van der Waals surface area contributed by atoms with Gasteiger partial charge >= 0.3 is 5.97 Å². The van der Waals surface area contributed by atoms with E-state index in [-0.39, 0.29) is 0 Å². The number of thiol groups is 2. The van der Waals surface area contributed by atoms with E-state index in [9.17, 15) is 4.79 Å². The van der Waals surface area contributed by atoms with Crippen LogP contribution in [0.1, 0.15) is 13.3 Å². The van der Waals surface area contributed by atoms with E-state index in [1.807, 2.05) is 0 Å². The van der Waals surface area contributed by atoms with Crippen LogP contribution in [0.3, 0.4) is 0 Å². The van der Waals surface area contributed by atoms with E-state index in [2.05, 4.69) is 25.3 Å². The van der Waals surface area contributed by atoms with E-state index < -0.39 is 17.4 Å². The van der Waals surface area contributed by atoms with E-state index in [1.54, 1.807) is 6.92 Å². The summed E-state index contributed by atoms with van der Waals surface area (Å²) in [7, 11) is 0. The second kappa shape index (κ2) is 9.18. The maximum atomic E-state index is 9.93. The molecule has 0 aromatic heterocycles. The second-order valence-corrected chi connectivity index (χ2v) is 3.28. The van der Waals surface area contributed by atoms with Gasteiger partial charge in [-0.1, -0.05) is 0 Å². The number of aliphatic hydroxyl groups excluding tert-OH is 1. The number of carboxylic acid groups (broad SMARTS) is 1. The molecule has 0 aliphatic rings. The topological polar surface area (TPSA) is 83.5 Å². The van der Waals surface area contributed by atoms with Crippen molar-refractivity contribution in [3.8, 4) is 0 Å². The van der Waals surface area contributed by atoms with Gasteiger partial charge in [-0.3, -0.25) is 4.79 Å². The Bertz CT molecular complexity index is 119. The van der Waals surface area contributed by atoms with Crippen molar-refractivity contribution in [2.75, 3.05) is 5.75 Å². The SMILES string of the molecule is CC(O)S.NC(CCS)C(=O)O. The smallest absolute Gasteiger partial charge is 0.320 e. The predicted molar refractivity (Wildman–Crippen MR) is 54.7 cm³/mol. The highest BCUT2D eigenvalue weighted by molar-refractivity contribution is 7.80. The predicted octanol–water partition coefficient (Wildman–Crippen LogP) is -0.0273. The minimum Gasteiger partial charge on any atom is -0.480 e. The quantitative estimate of drug-likeness (QED) is 0.337. The van der Waals surface area contributed by atoms with Gasteiger partial charge in [0.25, 0.3) is 0 Å². The first kappa shape index (κ1) is 14.6. The maximum Gasteiger partial charge on any atom is 0.320 e. The normalized spacial score (nSPS) is 14.1. The molecule has 0 saturated heterocycles. The lowest BCUT2D eigenvalue weighted by Crippen LogP contribution is -2.30. The highest BCUT2D eigenvalue weighted by atomic mass is 32.1. The molecule has 0 bridgehead atoms. The van der Waals surface area contributed by atoms with Gasteiger partial charge in [0.15, 0.2) is 0 Å². The van der Waals surface area contributed by atoms with E-state index in [0.29, 0.717) is 12.2 Å². The molecule has 0 heterocycles. The summed E-state index contributed by atoms with van der Waals surface area (Å²) in [5, 5.41) is 16.1. The first-order valence-corrected chi connectivity index (χ1v) is 4.52. The molecule has 0 aromatic rings. The summed E-state index contributed by atoms with van der Waals surface area (Å²) in [5.74, 6) is -0.438. The monoisotopic (exact) mass is 213 g/mol. The van der Waals surface area contributed by atoms with Crippen LogP contribution in [0, 0.1) is 0 Å². The van der Waals surface area contributed by atoms with E-state index in [4.69, 9.17) is 15.9 Å². The fourth-order valence-electron chi connectivity index (χ4n) is 0.263. The van der Waals surface area contributed by atoms with Gasteiger partial charge in [0.1, 0.15) is 6.04 Å². The van der Waals surface area contributed by atoms with E-state index in [0.717, 1.165) is 0 Å². The van der Waals surface area contributed by atoms with Crippen LogP contribution in [-0.2, 0) is 4.79 Å². The van der Waals surface area contributed by atoms with Crippen molar-refractivity contribution in [3.05, 3.63) is 0 Å². The van der Waals surface area contributed by atoms with Gasteiger partial charge in [-0.15, -0.1) is 12.6 Å². The number of aliphatic hydroxyl groups is 1. The molecule has 0 aromatic carbocycles. The van der Waals surface area contributed by atoms with Crippen LogP contribution in [0.2, 0.25) is 0 Å². The van der Waals surface area contributed by atoms with Crippen molar-refractivity contribution in [1.29, 1.82) is 0 Å². The van der Waals surface area contributed by atoms with Crippen LogP contribution < -0.4 is 5.73 Å². The van der Waals surface area contributed by atoms with Gasteiger partial charge in [0, 0.05) is 0 Å². The number of carboxylic acids is 1. The molecule has 0 spiro atoms. The van der Waals surface area contributed by atoms with Crippen LogP contribution in [0.5, 0.6) is 0 Å². The molecule has 0 saturated carbocycles. The van der Waals surface area contributed by atoms with Gasteiger partial charge in [0.2, 0.25) is 0 Å². The summed E-state index contributed by atoms with van der Waals surface area (Å²) >= 11 is 7.33. The lowest BCUT2D eigenvalue weighted by atomic mass is 10.2. The van der Waals surface area contributed by atoms with Crippen LogP contribution in [0.15, 0.2) is 0 Å². The second-order valence-electron chi connectivity index (χ2n) is 2.09. The van der Waals surface area contributed by atoms with Crippen molar-refractivity contribution in [2.45, 2.75) is 24.8 Å². The molecule has 74 valence electrons. The molecule has 6 heteroatoms.